The lowest BCUT2D eigenvalue weighted by atomic mass is 9.99. The van der Waals surface area contributed by atoms with Crippen LogP contribution >= 0.6 is 0 Å². The Labute approximate surface area is 232 Å². The van der Waals surface area contributed by atoms with Crippen LogP contribution in [0.5, 0.6) is 0 Å². The maximum absolute atomic E-state index is 8.94. The zero-order valence-electron chi connectivity index (χ0n) is 23.4. The fraction of sp³-hybridized carbons (Fsp3) is 0.235. The van der Waals surface area contributed by atoms with Crippen molar-refractivity contribution in [1.82, 2.24) is 15.6 Å². The molecule has 0 saturated heterocycles. The molecule has 1 aliphatic carbocycles. The first-order valence-electron chi connectivity index (χ1n) is 13.6. The number of H-pyrrole nitrogens is 1. The predicted octanol–water partition coefficient (Wildman–Crippen LogP) is 6.83. The Balaban J connectivity index is 0.000000265. The van der Waals surface area contributed by atoms with Gasteiger partial charge in [-0.2, -0.15) is 0 Å². The van der Waals surface area contributed by atoms with Crippen LogP contribution in [0.4, 0.5) is 0 Å². The molecule has 0 amide bonds. The van der Waals surface area contributed by atoms with Crippen LogP contribution in [0.2, 0.25) is 0 Å². The third-order valence-corrected chi connectivity index (χ3v) is 7.35. The predicted molar refractivity (Wildman–Crippen MR) is 164 cm³/mol. The molecular weight excluding hydrogens is 480 g/mol. The summed E-state index contributed by atoms with van der Waals surface area (Å²) in [5.74, 6) is 0. The number of benzene rings is 3. The largest absolute Gasteiger partial charge is 0.397 e. The van der Waals surface area contributed by atoms with Crippen LogP contribution in [0.3, 0.4) is 0 Å². The van der Waals surface area contributed by atoms with Gasteiger partial charge in [-0.05, 0) is 78.9 Å². The van der Waals surface area contributed by atoms with Crippen molar-refractivity contribution in [2.24, 2.45) is 5.73 Å². The second-order valence-electron chi connectivity index (χ2n) is 9.75. The van der Waals surface area contributed by atoms with Crippen LogP contribution in [0.25, 0.3) is 22.0 Å². The third-order valence-electron chi connectivity index (χ3n) is 7.35. The molecule has 1 unspecified atom stereocenters. The van der Waals surface area contributed by atoms with E-state index in [0.29, 0.717) is 0 Å². The van der Waals surface area contributed by atoms with Gasteiger partial charge in [0.2, 0.25) is 0 Å². The Morgan fingerprint density at radius 3 is 2.46 bits per heavy atom. The number of hydrogen-bond acceptors (Lipinski definition) is 4. The molecule has 202 valence electrons. The van der Waals surface area contributed by atoms with Gasteiger partial charge in [0.1, 0.15) is 0 Å². The standard InChI is InChI=1S/C25H31N3.C9H9NO/c1-5-17(3)14-15-22(26)23(6-2)28-16-18-10-9-13-21-24(18)19-11-7-8-12-20(19)25(21)27-4;11-6-7-2-1-3-9-8(7)4-5-10-9/h6-15,25,27-28H,5,16,26H2,1-4H3;1-5,10-11H,6H2/b17-14?,22-15+,23-6+;. The minimum Gasteiger partial charge on any atom is -0.397 e. The van der Waals surface area contributed by atoms with Gasteiger partial charge in [-0.15, -0.1) is 0 Å². The van der Waals surface area contributed by atoms with Crippen molar-refractivity contribution in [1.29, 1.82) is 0 Å². The van der Waals surface area contributed by atoms with Crippen LogP contribution in [-0.2, 0) is 13.2 Å². The lowest BCUT2D eigenvalue weighted by molar-refractivity contribution is 0.283. The third kappa shape index (κ3) is 6.17. The van der Waals surface area contributed by atoms with Crippen LogP contribution in [0, 0.1) is 0 Å². The number of aromatic amines is 1. The van der Waals surface area contributed by atoms with Gasteiger partial charge in [-0.25, -0.2) is 0 Å². The summed E-state index contributed by atoms with van der Waals surface area (Å²) in [5, 5.41) is 17.0. The van der Waals surface area contributed by atoms with Crippen molar-refractivity contribution < 1.29 is 5.11 Å². The molecule has 0 fully saturated rings. The van der Waals surface area contributed by atoms with Gasteiger partial charge in [0.15, 0.2) is 0 Å². The van der Waals surface area contributed by atoms with Gasteiger partial charge in [0.25, 0.3) is 0 Å². The minimum absolute atomic E-state index is 0.106. The van der Waals surface area contributed by atoms with E-state index in [1.54, 1.807) is 0 Å². The van der Waals surface area contributed by atoms with E-state index in [-0.39, 0.29) is 12.6 Å². The van der Waals surface area contributed by atoms with E-state index in [1.165, 1.54) is 33.4 Å². The molecule has 1 aliphatic rings. The van der Waals surface area contributed by atoms with E-state index in [1.807, 2.05) is 56.6 Å². The Kier molecular flexibility index (Phi) is 9.42. The van der Waals surface area contributed by atoms with Crippen LogP contribution in [0.1, 0.15) is 55.5 Å². The quantitative estimate of drug-likeness (QED) is 0.165. The molecular formula is C34H40N4O. The number of fused-ring (bicyclic) bond motifs is 4. The average Bonchev–Trinajstić information content (AvgIpc) is 3.59. The van der Waals surface area contributed by atoms with E-state index < -0.39 is 0 Å². The Bertz CT molecular complexity index is 1510. The molecule has 6 N–H and O–H groups in total. The summed E-state index contributed by atoms with van der Waals surface area (Å²) >= 11 is 0. The van der Waals surface area contributed by atoms with Gasteiger partial charge in [0.05, 0.1) is 24.0 Å². The molecule has 0 radical (unpaired) electrons. The van der Waals surface area contributed by atoms with Gasteiger partial charge >= 0.3 is 0 Å². The Hall–Kier alpha value is -4.06. The molecule has 1 atom stereocenters. The van der Waals surface area contributed by atoms with E-state index in [0.717, 1.165) is 40.8 Å². The maximum atomic E-state index is 8.94. The number of aliphatic hydroxyl groups is 1. The van der Waals surface area contributed by atoms with Crippen molar-refractivity contribution in [2.45, 2.75) is 46.4 Å². The first kappa shape index (κ1) is 28.0. The van der Waals surface area contributed by atoms with Crippen LogP contribution in [0.15, 0.2) is 108 Å². The molecule has 3 aromatic carbocycles. The number of rotatable bonds is 8. The highest BCUT2D eigenvalue weighted by atomic mass is 16.3. The second-order valence-corrected chi connectivity index (χ2v) is 9.75. The minimum atomic E-state index is 0.106. The van der Waals surface area contributed by atoms with Gasteiger partial charge < -0.3 is 26.5 Å². The number of nitrogens with one attached hydrogen (secondary N) is 3. The smallest absolute Gasteiger partial charge is 0.0688 e. The summed E-state index contributed by atoms with van der Waals surface area (Å²) < 4.78 is 0. The SMILES string of the molecule is C/C=C(NCc1cccc2c1-c1ccccc1C2NC)\C(N)=C/C=C(C)CC.OCc1cccc2[nH]ccc12. The van der Waals surface area contributed by atoms with Crippen molar-refractivity contribution >= 4 is 10.9 Å². The number of allylic oxidation sites excluding steroid dienone is 4. The normalized spacial score (nSPS) is 15.0. The highest BCUT2D eigenvalue weighted by Crippen LogP contribution is 2.44. The van der Waals surface area contributed by atoms with E-state index in [4.69, 9.17) is 10.8 Å². The van der Waals surface area contributed by atoms with Crippen molar-refractivity contribution in [3.8, 4) is 11.1 Å². The van der Waals surface area contributed by atoms with Crippen molar-refractivity contribution in [3.05, 3.63) is 130 Å². The van der Waals surface area contributed by atoms with Crippen molar-refractivity contribution in [3.63, 3.8) is 0 Å². The van der Waals surface area contributed by atoms with Gasteiger partial charge in [-0.3, -0.25) is 0 Å². The lowest BCUT2D eigenvalue weighted by Gasteiger charge is -2.15. The lowest BCUT2D eigenvalue weighted by Crippen LogP contribution is -2.19. The first-order valence-corrected chi connectivity index (χ1v) is 13.6. The molecule has 0 saturated carbocycles. The number of hydrogen-bond donors (Lipinski definition) is 5. The summed E-state index contributed by atoms with van der Waals surface area (Å²) in [6.45, 7) is 7.13. The number of aliphatic hydroxyl groups excluding tert-OH is 1. The topological polar surface area (TPSA) is 86.1 Å². The molecule has 39 heavy (non-hydrogen) atoms. The average molecular weight is 521 g/mol. The highest BCUT2D eigenvalue weighted by Gasteiger charge is 2.28. The molecule has 0 spiro atoms. The monoisotopic (exact) mass is 520 g/mol. The molecule has 1 aromatic heterocycles. The zero-order chi connectivity index (χ0) is 27.8. The number of aromatic nitrogens is 1. The van der Waals surface area contributed by atoms with Crippen LogP contribution < -0.4 is 16.4 Å². The van der Waals surface area contributed by atoms with Gasteiger partial charge in [0, 0.05) is 23.6 Å². The first-order chi connectivity index (χ1) is 19.0. The second kappa shape index (κ2) is 13.1. The highest BCUT2D eigenvalue weighted by molar-refractivity contribution is 5.83. The fourth-order valence-electron chi connectivity index (χ4n) is 5.08. The Morgan fingerprint density at radius 2 is 1.72 bits per heavy atom. The molecule has 0 aliphatic heterocycles. The summed E-state index contributed by atoms with van der Waals surface area (Å²) in [6, 6.07) is 23.3. The maximum Gasteiger partial charge on any atom is 0.0688 e. The van der Waals surface area contributed by atoms with E-state index in [9.17, 15) is 0 Å². The summed E-state index contributed by atoms with van der Waals surface area (Å²) in [7, 11) is 2.02. The van der Waals surface area contributed by atoms with Gasteiger partial charge in [-0.1, -0.05) is 79.2 Å². The molecule has 5 nitrogen and oxygen atoms in total. The summed E-state index contributed by atoms with van der Waals surface area (Å²) in [6.07, 6.45) is 9.03. The molecule has 5 rings (SSSR count). The van der Waals surface area contributed by atoms with Crippen LogP contribution in [-0.4, -0.2) is 17.1 Å². The molecule has 0 bridgehead atoms. The fourth-order valence-corrected chi connectivity index (χ4v) is 5.08. The molecule has 4 aromatic rings. The molecule has 1 heterocycles. The Morgan fingerprint density at radius 1 is 0.974 bits per heavy atom. The summed E-state index contributed by atoms with van der Waals surface area (Å²) in [4.78, 5) is 3.08. The molecule has 5 heteroatoms. The summed E-state index contributed by atoms with van der Waals surface area (Å²) in [5.41, 5.74) is 18.0. The van der Waals surface area contributed by atoms with E-state index >= 15 is 0 Å². The van der Waals surface area contributed by atoms with Crippen molar-refractivity contribution in [2.75, 3.05) is 7.05 Å². The van der Waals surface area contributed by atoms with E-state index in [2.05, 4.69) is 78.0 Å². The zero-order valence-corrected chi connectivity index (χ0v) is 23.4. The number of nitrogens with two attached hydrogens (primary N) is 1.